The van der Waals surface area contributed by atoms with E-state index in [0.29, 0.717) is 12.1 Å². The molecule has 1 N–H and O–H groups in total. The van der Waals surface area contributed by atoms with Gasteiger partial charge in [0, 0.05) is 34.6 Å². The van der Waals surface area contributed by atoms with Crippen molar-refractivity contribution in [3.8, 4) is 21.8 Å². The van der Waals surface area contributed by atoms with E-state index in [9.17, 15) is 8.42 Å². The van der Waals surface area contributed by atoms with Crippen molar-refractivity contribution in [2.24, 2.45) is 0 Å². The average Bonchev–Trinajstić information content (AvgIpc) is 3.11. The largest absolute Gasteiger partial charge is 0.284 e. The SMILES string of the molecule is CCCCS(=O)(=O)Nc1cccc(-c2csc(-c3cccnc3)n2)c1. The van der Waals surface area contributed by atoms with Gasteiger partial charge in [-0.3, -0.25) is 9.71 Å². The minimum absolute atomic E-state index is 0.135. The number of unbranched alkanes of at least 4 members (excludes halogenated alkanes) is 1. The average molecular weight is 374 g/mol. The summed E-state index contributed by atoms with van der Waals surface area (Å²) in [6.45, 7) is 1.97. The fourth-order valence-corrected chi connectivity index (χ4v) is 4.41. The molecule has 0 radical (unpaired) electrons. The van der Waals surface area contributed by atoms with Gasteiger partial charge in [-0.2, -0.15) is 0 Å². The van der Waals surface area contributed by atoms with Gasteiger partial charge >= 0.3 is 0 Å². The van der Waals surface area contributed by atoms with E-state index in [4.69, 9.17) is 0 Å². The molecule has 0 aliphatic carbocycles. The van der Waals surface area contributed by atoms with Crippen LogP contribution < -0.4 is 4.72 Å². The number of sulfonamides is 1. The molecular formula is C18H19N3O2S2. The second-order valence-corrected chi connectivity index (χ2v) is 8.33. The number of nitrogens with zero attached hydrogens (tertiary/aromatic N) is 2. The first-order valence-corrected chi connectivity index (χ1v) is 10.6. The number of aromatic nitrogens is 2. The van der Waals surface area contributed by atoms with E-state index in [1.165, 1.54) is 11.3 Å². The molecule has 0 unspecified atom stereocenters. The molecule has 0 fully saturated rings. The molecule has 1 aromatic carbocycles. The number of benzene rings is 1. The van der Waals surface area contributed by atoms with Crippen LogP contribution in [0.2, 0.25) is 0 Å². The van der Waals surface area contributed by atoms with Gasteiger partial charge in [0.05, 0.1) is 11.4 Å². The van der Waals surface area contributed by atoms with E-state index in [1.54, 1.807) is 18.5 Å². The Hall–Kier alpha value is -2.25. The monoisotopic (exact) mass is 373 g/mol. The topological polar surface area (TPSA) is 72.0 Å². The number of rotatable bonds is 7. The molecule has 7 heteroatoms. The highest BCUT2D eigenvalue weighted by Gasteiger charge is 2.11. The van der Waals surface area contributed by atoms with Crippen molar-refractivity contribution in [3.63, 3.8) is 0 Å². The van der Waals surface area contributed by atoms with Gasteiger partial charge in [0.15, 0.2) is 0 Å². The van der Waals surface area contributed by atoms with Crippen LogP contribution in [0.3, 0.4) is 0 Å². The molecule has 0 spiro atoms. The van der Waals surface area contributed by atoms with Gasteiger partial charge < -0.3 is 0 Å². The Kier molecular flexibility index (Phi) is 5.45. The van der Waals surface area contributed by atoms with E-state index in [2.05, 4.69) is 14.7 Å². The Balaban J connectivity index is 1.81. The number of hydrogen-bond donors (Lipinski definition) is 1. The Morgan fingerprint density at radius 3 is 2.76 bits per heavy atom. The van der Waals surface area contributed by atoms with Crippen molar-refractivity contribution < 1.29 is 8.42 Å². The van der Waals surface area contributed by atoms with E-state index in [1.807, 2.05) is 42.6 Å². The zero-order valence-electron chi connectivity index (χ0n) is 13.8. The van der Waals surface area contributed by atoms with Gasteiger partial charge in [0.1, 0.15) is 5.01 Å². The molecule has 0 atom stereocenters. The maximum Gasteiger partial charge on any atom is 0.232 e. The minimum atomic E-state index is -3.31. The van der Waals surface area contributed by atoms with Crippen LogP contribution in [-0.4, -0.2) is 24.1 Å². The van der Waals surface area contributed by atoms with Crippen LogP contribution in [0.5, 0.6) is 0 Å². The predicted octanol–water partition coefficient (Wildman–Crippen LogP) is 4.41. The van der Waals surface area contributed by atoms with Crippen molar-refractivity contribution in [3.05, 3.63) is 54.2 Å². The van der Waals surface area contributed by atoms with Crippen LogP contribution in [-0.2, 0) is 10.0 Å². The summed E-state index contributed by atoms with van der Waals surface area (Å²) in [6, 6.07) is 11.2. The van der Waals surface area contributed by atoms with Gasteiger partial charge in [-0.15, -0.1) is 11.3 Å². The first-order chi connectivity index (χ1) is 12.1. The van der Waals surface area contributed by atoms with E-state index in [-0.39, 0.29) is 5.75 Å². The summed E-state index contributed by atoms with van der Waals surface area (Å²) in [4.78, 5) is 8.75. The van der Waals surface area contributed by atoms with Gasteiger partial charge in [-0.1, -0.05) is 25.5 Å². The molecule has 0 saturated carbocycles. The van der Waals surface area contributed by atoms with Crippen molar-refractivity contribution >= 4 is 27.0 Å². The molecule has 0 saturated heterocycles. The number of thiazole rings is 1. The number of hydrogen-bond acceptors (Lipinski definition) is 5. The third-order valence-corrected chi connectivity index (χ3v) is 5.88. The summed E-state index contributed by atoms with van der Waals surface area (Å²) in [6.07, 6.45) is 5.00. The summed E-state index contributed by atoms with van der Waals surface area (Å²) >= 11 is 1.54. The molecule has 0 amide bonds. The highest BCUT2D eigenvalue weighted by atomic mass is 32.2. The first-order valence-electron chi connectivity index (χ1n) is 8.04. The maximum atomic E-state index is 12.1. The molecule has 3 rings (SSSR count). The Morgan fingerprint density at radius 1 is 1.16 bits per heavy atom. The van der Waals surface area contributed by atoms with E-state index < -0.39 is 10.0 Å². The van der Waals surface area contributed by atoms with Crippen LogP contribution in [0, 0.1) is 0 Å². The zero-order chi connectivity index (χ0) is 17.7. The van der Waals surface area contributed by atoms with Crippen LogP contribution in [0.25, 0.3) is 21.8 Å². The van der Waals surface area contributed by atoms with Gasteiger partial charge in [-0.05, 0) is 30.7 Å². The summed E-state index contributed by atoms with van der Waals surface area (Å²) in [7, 11) is -3.31. The number of anilines is 1. The lowest BCUT2D eigenvalue weighted by Gasteiger charge is -2.08. The molecule has 130 valence electrons. The Morgan fingerprint density at radius 2 is 2.00 bits per heavy atom. The maximum absolute atomic E-state index is 12.1. The van der Waals surface area contributed by atoms with Crippen LogP contribution >= 0.6 is 11.3 Å². The summed E-state index contributed by atoms with van der Waals surface area (Å²) in [5, 5.41) is 2.85. The van der Waals surface area contributed by atoms with Crippen molar-refractivity contribution in [1.29, 1.82) is 0 Å². The summed E-state index contributed by atoms with van der Waals surface area (Å²) in [5.74, 6) is 0.135. The summed E-state index contributed by atoms with van der Waals surface area (Å²) < 4.78 is 26.8. The van der Waals surface area contributed by atoms with Crippen molar-refractivity contribution in [2.75, 3.05) is 10.5 Å². The highest BCUT2D eigenvalue weighted by molar-refractivity contribution is 7.92. The number of nitrogens with one attached hydrogen (secondary N) is 1. The van der Waals surface area contributed by atoms with Crippen LogP contribution in [0.4, 0.5) is 5.69 Å². The quantitative estimate of drug-likeness (QED) is 0.666. The molecule has 0 aliphatic rings. The van der Waals surface area contributed by atoms with Crippen molar-refractivity contribution in [2.45, 2.75) is 19.8 Å². The minimum Gasteiger partial charge on any atom is -0.284 e. The Bertz CT molecular complexity index is 938. The van der Waals surface area contributed by atoms with E-state index in [0.717, 1.165) is 28.2 Å². The fraction of sp³-hybridized carbons (Fsp3) is 0.222. The molecule has 5 nitrogen and oxygen atoms in total. The predicted molar refractivity (Wildman–Crippen MR) is 103 cm³/mol. The molecule has 2 aromatic heterocycles. The smallest absolute Gasteiger partial charge is 0.232 e. The van der Waals surface area contributed by atoms with E-state index >= 15 is 0 Å². The van der Waals surface area contributed by atoms with Crippen LogP contribution in [0.15, 0.2) is 54.2 Å². The highest BCUT2D eigenvalue weighted by Crippen LogP contribution is 2.29. The van der Waals surface area contributed by atoms with Crippen LogP contribution in [0.1, 0.15) is 19.8 Å². The molecule has 2 heterocycles. The number of pyridine rings is 1. The lowest BCUT2D eigenvalue weighted by molar-refractivity contribution is 0.598. The van der Waals surface area contributed by atoms with Crippen molar-refractivity contribution in [1.82, 2.24) is 9.97 Å². The second kappa shape index (κ2) is 7.76. The molecule has 25 heavy (non-hydrogen) atoms. The normalized spacial score (nSPS) is 11.4. The van der Waals surface area contributed by atoms with Gasteiger partial charge in [-0.25, -0.2) is 13.4 Å². The van der Waals surface area contributed by atoms with Gasteiger partial charge in [0.25, 0.3) is 0 Å². The molecular weight excluding hydrogens is 354 g/mol. The standard InChI is InChI=1S/C18H19N3O2S2/c1-2-3-10-25(22,23)21-16-8-4-6-14(11-16)17-13-24-18(20-17)15-7-5-9-19-12-15/h4-9,11-13,21H,2-3,10H2,1H3. The third-order valence-electron chi connectivity index (χ3n) is 3.61. The molecule has 0 bridgehead atoms. The first kappa shape index (κ1) is 17.6. The lowest BCUT2D eigenvalue weighted by atomic mass is 10.1. The second-order valence-electron chi connectivity index (χ2n) is 5.63. The van der Waals surface area contributed by atoms with Gasteiger partial charge in [0.2, 0.25) is 10.0 Å². The molecule has 0 aliphatic heterocycles. The molecule has 3 aromatic rings. The third kappa shape index (κ3) is 4.64. The zero-order valence-corrected chi connectivity index (χ0v) is 15.5. The Labute approximate surface area is 151 Å². The fourth-order valence-electron chi connectivity index (χ4n) is 2.34. The lowest BCUT2D eigenvalue weighted by Crippen LogP contribution is -2.16. The summed E-state index contributed by atoms with van der Waals surface area (Å²) in [5.41, 5.74) is 3.22.